The molecule has 2 fully saturated rings. The molecule has 0 spiro atoms. The van der Waals surface area contributed by atoms with Crippen molar-refractivity contribution in [3.8, 4) is 0 Å². The lowest BCUT2D eigenvalue weighted by atomic mass is 10.1. The van der Waals surface area contributed by atoms with E-state index in [1.54, 1.807) is 4.68 Å². The van der Waals surface area contributed by atoms with Crippen LogP contribution in [0.1, 0.15) is 21.6 Å². The molecule has 0 saturated carbocycles. The number of carbonyl (C=O) groups excluding carboxylic acids is 1. The van der Waals surface area contributed by atoms with Crippen LogP contribution in [-0.4, -0.2) is 70.9 Å². The quantitative estimate of drug-likeness (QED) is 0.816. The number of ether oxygens (including phenoxy) is 1. The Hall–Kier alpha value is -2.44. The molecule has 3 heterocycles. The minimum atomic E-state index is 0.0872. The van der Waals surface area contributed by atoms with E-state index in [4.69, 9.17) is 4.74 Å². The maximum Gasteiger partial charge on any atom is 0.257 e. The Kier molecular flexibility index (Phi) is 5.59. The fourth-order valence-electron chi connectivity index (χ4n) is 4.19. The second-order valence-corrected chi connectivity index (χ2v) is 7.84. The molecule has 2 bridgehead atoms. The van der Waals surface area contributed by atoms with Gasteiger partial charge in [0.15, 0.2) is 0 Å². The van der Waals surface area contributed by atoms with E-state index in [1.807, 2.05) is 31.1 Å². The van der Waals surface area contributed by atoms with Crippen LogP contribution in [0.2, 0.25) is 0 Å². The molecular formula is C22H28N4O2. The number of benzene rings is 1. The van der Waals surface area contributed by atoms with E-state index >= 15 is 0 Å². The molecule has 1 amide bonds. The van der Waals surface area contributed by atoms with Crippen molar-refractivity contribution in [2.24, 2.45) is 13.0 Å². The van der Waals surface area contributed by atoms with Crippen molar-refractivity contribution in [1.29, 1.82) is 0 Å². The molecule has 2 atom stereocenters. The molecule has 0 unspecified atom stereocenters. The normalized spacial score (nSPS) is 23.1. The SMILES string of the molecule is Cc1nn(C)cc1C(=O)N1C[C@@H]2COC[C@H](C1)N(CC=Cc1ccccc1)C2. The fourth-order valence-corrected chi connectivity index (χ4v) is 4.19. The molecule has 4 rings (SSSR count). The smallest absolute Gasteiger partial charge is 0.257 e. The predicted molar refractivity (Wildman–Crippen MR) is 109 cm³/mol. The summed E-state index contributed by atoms with van der Waals surface area (Å²) < 4.78 is 7.61. The minimum Gasteiger partial charge on any atom is -0.379 e. The van der Waals surface area contributed by atoms with Crippen LogP contribution in [0.15, 0.2) is 42.6 Å². The second-order valence-electron chi connectivity index (χ2n) is 7.84. The number of aromatic nitrogens is 2. The molecule has 2 aliphatic heterocycles. The summed E-state index contributed by atoms with van der Waals surface area (Å²) in [5.74, 6) is 0.419. The summed E-state index contributed by atoms with van der Waals surface area (Å²) in [7, 11) is 1.86. The summed E-state index contributed by atoms with van der Waals surface area (Å²) in [5, 5.41) is 4.33. The van der Waals surface area contributed by atoms with Gasteiger partial charge in [-0.1, -0.05) is 42.5 Å². The maximum atomic E-state index is 13.1. The zero-order chi connectivity index (χ0) is 19.5. The Morgan fingerprint density at radius 1 is 1.21 bits per heavy atom. The third-order valence-electron chi connectivity index (χ3n) is 5.56. The van der Waals surface area contributed by atoms with Gasteiger partial charge < -0.3 is 9.64 Å². The molecule has 0 aliphatic carbocycles. The number of amides is 1. The van der Waals surface area contributed by atoms with Gasteiger partial charge in [0.25, 0.3) is 5.91 Å². The average molecular weight is 380 g/mol. The lowest BCUT2D eigenvalue weighted by Crippen LogP contribution is -2.45. The van der Waals surface area contributed by atoms with E-state index in [-0.39, 0.29) is 11.9 Å². The zero-order valence-corrected chi connectivity index (χ0v) is 16.6. The number of rotatable bonds is 4. The number of hydrogen-bond donors (Lipinski definition) is 0. The van der Waals surface area contributed by atoms with E-state index in [0.29, 0.717) is 31.2 Å². The minimum absolute atomic E-state index is 0.0872. The van der Waals surface area contributed by atoms with Gasteiger partial charge in [-0.3, -0.25) is 14.4 Å². The second kappa shape index (κ2) is 8.29. The van der Waals surface area contributed by atoms with E-state index in [1.165, 1.54) is 5.56 Å². The molecule has 6 nitrogen and oxygen atoms in total. The van der Waals surface area contributed by atoms with Crippen molar-refractivity contribution in [1.82, 2.24) is 19.6 Å². The van der Waals surface area contributed by atoms with Crippen molar-refractivity contribution in [3.63, 3.8) is 0 Å². The molecule has 2 aliphatic rings. The van der Waals surface area contributed by atoms with Crippen molar-refractivity contribution in [3.05, 3.63) is 59.4 Å². The largest absolute Gasteiger partial charge is 0.379 e. The standard InChI is InChI=1S/C22H28N4O2/c1-17-21(14-24(2)23-17)22(27)26-12-19-11-25(20(13-26)16-28-15-19)10-6-9-18-7-4-3-5-8-18/h3-9,14,19-20H,10-13,15-16H2,1-2H3/t19-,20+/m1/s1. The molecule has 148 valence electrons. The average Bonchev–Trinajstić information content (AvgIpc) is 2.82. The lowest BCUT2D eigenvalue weighted by Gasteiger charge is -2.30. The Morgan fingerprint density at radius 3 is 2.79 bits per heavy atom. The monoisotopic (exact) mass is 380 g/mol. The van der Waals surface area contributed by atoms with Crippen molar-refractivity contribution in [2.75, 3.05) is 39.4 Å². The number of hydrogen-bond acceptors (Lipinski definition) is 4. The summed E-state index contributed by atoms with van der Waals surface area (Å²) in [6.07, 6.45) is 6.21. The highest BCUT2D eigenvalue weighted by Gasteiger charge is 2.35. The van der Waals surface area contributed by atoms with E-state index in [0.717, 1.165) is 25.3 Å². The summed E-state index contributed by atoms with van der Waals surface area (Å²) in [6.45, 7) is 6.55. The third-order valence-corrected chi connectivity index (χ3v) is 5.56. The lowest BCUT2D eigenvalue weighted by molar-refractivity contribution is 0.0422. The van der Waals surface area contributed by atoms with Crippen molar-refractivity contribution >= 4 is 12.0 Å². The Labute approximate surface area is 166 Å². The number of aryl methyl sites for hydroxylation is 2. The summed E-state index contributed by atoms with van der Waals surface area (Å²) in [6, 6.07) is 10.6. The topological polar surface area (TPSA) is 50.6 Å². The van der Waals surface area contributed by atoms with Crippen LogP contribution in [0.3, 0.4) is 0 Å². The summed E-state index contributed by atoms with van der Waals surface area (Å²) in [5.41, 5.74) is 2.71. The molecule has 0 N–H and O–H groups in total. The molecule has 6 heteroatoms. The molecule has 0 radical (unpaired) electrons. The van der Waals surface area contributed by atoms with Gasteiger partial charge in [0.1, 0.15) is 0 Å². The molecule has 28 heavy (non-hydrogen) atoms. The Bertz CT molecular complexity index is 845. The predicted octanol–water partition coefficient (Wildman–Crippen LogP) is 2.21. The van der Waals surface area contributed by atoms with Gasteiger partial charge in [-0.05, 0) is 12.5 Å². The van der Waals surface area contributed by atoms with Crippen molar-refractivity contribution in [2.45, 2.75) is 13.0 Å². The number of carbonyl (C=O) groups is 1. The van der Waals surface area contributed by atoms with Crippen LogP contribution in [0.4, 0.5) is 0 Å². The van der Waals surface area contributed by atoms with Gasteiger partial charge in [0, 0.05) is 45.3 Å². The van der Waals surface area contributed by atoms with E-state index in [9.17, 15) is 4.79 Å². The molecule has 1 aromatic heterocycles. The number of nitrogens with zero attached hydrogens (tertiary/aromatic N) is 4. The van der Waals surface area contributed by atoms with E-state index < -0.39 is 0 Å². The Balaban J connectivity index is 1.47. The van der Waals surface area contributed by atoms with Gasteiger partial charge in [-0.15, -0.1) is 0 Å². The zero-order valence-electron chi connectivity index (χ0n) is 16.6. The van der Waals surface area contributed by atoms with Crippen LogP contribution >= 0.6 is 0 Å². The van der Waals surface area contributed by atoms with Crippen LogP contribution in [0.5, 0.6) is 0 Å². The van der Waals surface area contributed by atoms with Crippen LogP contribution in [-0.2, 0) is 11.8 Å². The van der Waals surface area contributed by atoms with Crippen LogP contribution in [0, 0.1) is 12.8 Å². The van der Waals surface area contributed by atoms with Gasteiger partial charge >= 0.3 is 0 Å². The molecular weight excluding hydrogens is 352 g/mol. The fraction of sp³-hybridized carbons (Fsp3) is 0.455. The van der Waals surface area contributed by atoms with Gasteiger partial charge in [-0.2, -0.15) is 5.10 Å². The van der Waals surface area contributed by atoms with E-state index in [2.05, 4.69) is 46.4 Å². The first-order valence-corrected chi connectivity index (χ1v) is 9.93. The highest BCUT2D eigenvalue weighted by Crippen LogP contribution is 2.22. The first-order valence-electron chi connectivity index (χ1n) is 9.93. The summed E-state index contributed by atoms with van der Waals surface area (Å²) in [4.78, 5) is 17.6. The Morgan fingerprint density at radius 2 is 2.04 bits per heavy atom. The van der Waals surface area contributed by atoms with Crippen LogP contribution < -0.4 is 0 Å². The summed E-state index contributed by atoms with van der Waals surface area (Å²) >= 11 is 0. The van der Waals surface area contributed by atoms with Gasteiger partial charge in [-0.25, -0.2) is 0 Å². The van der Waals surface area contributed by atoms with Crippen LogP contribution in [0.25, 0.3) is 6.08 Å². The molecule has 2 aromatic rings. The maximum absolute atomic E-state index is 13.1. The first kappa shape index (κ1) is 18.9. The number of fused-ring (bicyclic) bond motifs is 3. The van der Waals surface area contributed by atoms with Gasteiger partial charge in [0.2, 0.25) is 0 Å². The molecule has 2 saturated heterocycles. The van der Waals surface area contributed by atoms with Crippen molar-refractivity contribution < 1.29 is 9.53 Å². The highest BCUT2D eigenvalue weighted by molar-refractivity contribution is 5.95. The first-order chi connectivity index (χ1) is 13.6. The molecule has 1 aromatic carbocycles. The van der Waals surface area contributed by atoms with Gasteiger partial charge in [0.05, 0.1) is 30.5 Å². The third kappa shape index (κ3) is 4.18. The highest BCUT2D eigenvalue weighted by atomic mass is 16.5.